The van der Waals surface area contributed by atoms with E-state index < -0.39 is 15.3 Å². The topological polar surface area (TPSA) is 82.8 Å². The first-order valence-corrected chi connectivity index (χ1v) is 5.89. The summed E-state index contributed by atoms with van der Waals surface area (Å²) in [6.07, 6.45) is 1.58. The van der Waals surface area contributed by atoms with E-state index in [1.54, 1.807) is 30.5 Å². The van der Waals surface area contributed by atoms with Gasteiger partial charge < -0.3 is 0 Å². The molecule has 0 aliphatic carbocycles. The van der Waals surface area contributed by atoms with Gasteiger partial charge in [0.25, 0.3) is 0 Å². The summed E-state index contributed by atoms with van der Waals surface area (Å²) in [4.78, 5) is 3.96. The molecule has 0 bridgehead atoms. The van der Waals surface area contributed by atoms with Crippen molar-refractivity contribution in [1.29, 1.82) is 5.26 Å². The van der Waals surface area contributed by atoms with Crippen LogP contribution < -0.4 is 4.72 Å². The number of nitrogens with zero attached hydrogens (tertiary/aromatic N) is 2. The molecule has 0 aliphatic heterocycles. The van der Waals surface area contributed by atoms with Gasteiger partial charge in [0, 0.05) is 6.20 Å². The molecule has 1 heterocycles. The third-order valence-corrected chi connectivity index (χ3v) is 3.41. The van der Waals surface area contributed by atoms with E-state index in [4.69, 9.17) is 5.26 Å². The zero-order chi connectivity index (χ0) is 11.3. The Hall–Kier alpha value is -1.45. The van der Waals surface area contributed by atoms with E-state index in [9.17, 15) is 8.42 Å². The van der Waals surface area contributed by atoms with Gasteiger partial charge in [0.15, 0.2) is 5.25 Å². The van der Waals surface area contributed by atoms with Gasteiger partial charge in [-0.15, -0.1) is 0 Å². The van der Waals surface area contributed by atoms with Gasteiger partial charge in [-0.25, -0.2) is 13.1 Å². The predicted molar refractivity (Wildman–Crippen MR) is 55.1 cm³/mol. The quantitative estimate of drug-likeness (QED) is 0.804. The molecule has 0 saturated carbocycles. The first-order chi connectivity index (χ1) is 7.06. The average Bonchev–Trinajstić information content (AvgIpc) is 2.27. The van der Waals surface area contributed by atoms with Crippen molar-refractivity contribution in [2.75, 3.05) is 0 Å². The summed E-state index contributed by atoms with van der Waals surface area (Å²) in [7, 11) is -3.56. The number of rotatable bonds is 4. The molecule has 1 rings (SSSR count). The molecule has 0 aromatic carbocycles. The Bertz CT molecular complexity index is 450. The van der Waals surface area contributed by atoms with Gasteiger partial charge in [0.05, 0.1) is 18.3 Å². The molecule has 1 N–H and O–H groups in total. The van der Waals surface area contributed by atoms with Crippen molar-refractivity contribution in [1.82, 2.24) is 9.71 Å². The minimum absolute atomic E-state index is 0.106. The second-order valence-corrected chi connectivity index (χ2v) is 5.04. The van der Waals surface area contributed by atoms with Crippen molar-refractivity contribution in [3.05, 3.63) is 30.1 Å². The lowest BCUT2D eigenvalue weighted by Crippen LogP contribution is -2.31. The van der Waals surface area contributed by atoms with Crippen LogP contribution in [0.15, 0.2) is 24.4 Å². The molecule has 0 fully saturated rings. The maximum atomic E-state index is 11.4. The van der Waals surface area contributed by atoms with Crippen LogP contribution in [-0.2, 0) is 16.6 Å². The van der Waals surface area contributed by atoms with E-state index in [0.29, 0.717) is 5.69 Å². The normalized spacial score (nSPS) is 13.1. The molecule has 1 unspecified atom stereocenters. The van der Waals surface area contributed by atoms with Crippen LogP contribution in [0, 0.1) is 11.3 Å². The maximum Gasteiger partial charge on any atom is 0.228 e. The standard InChI is InChI=1S/C9H11N3O2S/c1-8(6-10)15(13,14)12-7-9-4-2-3-5-11-9/h2-5,8,12H,7H2,1H3. The van der Waals surface area contributed by atoms with Crippen LogP contribution in [0.3, 0.4) is 0 Å². The van der Waals surface area contributed by atoms with Crippen LogP contribution in [0.4, 0.5) is 0 Å². The summed E-state index contributed by atoms with van der Waals surface area (Å²) in [5.41, 5.74) is 0.617. The highest BCUT2D eigenvalue weighted by molar-refractivity contribution is 7.90. The summed E-state index contributed by atoms with van der Waals surface area (Å²) in [6, 6.07) is 6.89. The van der Waals surface area contributed by atoms with E-state index in [1.165, 1.54) is 6.92 Å². The molecule has 0 aliphatic rings. The second-order valence-electron chi connectivity index (χ2n) is 2.96. The Kier molecular flexibility index (Phi) is 3.77. The van der Waals surface area contributed by atoms with Crippen molar-refractivity contribution >= 4 is 10.0 Å². The fourth-order valence-electron chi connectivity index (χ4n) is 0.872. The maximum absolute atomic E-state index is 11.4. The number of nitrogens with one attached hydrogen (secondary N) is 1. The molecule has 1 aromatic heterocycles. The Labute approximate surface area is 88.8 Å². The lowest BCUT2D eigenvalue weighted by Gasteiger charge is -2.06. The molecule has 15 heavy (non-hydrogen) atoms. The van der Waals surface area contributed by atoms with Gasteiger partial charge in [0.2, 0.25) is 10.0 Å². The molecule has 1 atom stereocenters. The Morgan fingerprint density at radius 1 is 1.60 bits per heavy atom. The summed E-state index contributed by atoms with van der Waals surface area (Å²) in [6.45, 7) is 1.44. The zero-order valence-corrected chi connectivity index (χ0v) is 9.03. The minimum atomic E-state index is -3.56. The van der Waals surface area contributed by atoms with Gasteiger partial charge in [-0.3, -0.25) is 4.98 Å². The summed E-state index contributed by atoms with van der Waals surface area (Å²) in [5, 5.41) is 7.43. The van der Waals surface area contributed by atoms with Crippen molar-refractivity contribution in [3.8, 4) is 6.07 Å². The van der Waals surface area contributed by atoms with Gasteiger partial charge in [-0.05, 0) is 19.1 Å². The summed E-state index contributed by atoms with van der Waals surface area (Å²) in [5.74, 6) is 0. The van der Waals surface area contributed by atoms with Crippen molar-refractivity contribution in [3.63, 3.8) is 0 Å². The Morgan fingerprint density at radius 3 is 2.87 bits per heavy atom. The predicted octanol–water partition coefficient (Wildman–Crippen LogP) is 0.413. The molecule has 6 heteroatoms. The highest BCUT2D eigenvalue weighted by Gasteiger charge is 2.19. The van der Waals surface area contributed by atoms with Gasteiger partial charge in [0.1, 0.15) is 0 Å². The lowest BCUT2D eigenvalue weighted by molar-refractivity contribution is 0.576. The van der Waals surface area contributed by atoms with Crippen molar-refractivity contribution < 1.29 is 8.42 Å². The first kappa shape index (κ1) is 11.6. The largest absolute Gasteiger partial charge is 0.260 e. The zero-order valence-electron chi connectivity index (χ0n) is 8.21. The lowest BCUT2D eigenvalue weighted by atomic mass is 10.4. The van der Waals surface area contributed by atoms with Crippen molar-refractivity contribution in [2.45, 2.75) is 18.7 Å². The number of sulfonamides is 1. The van der Waals surface area contributed by atoms with E-state index in [0.717, 1.165) is 0 Å². The van der Waals surface area contributed by atoms with Crippen LogP contribution in [0.1, 0.15) is 12.6 Å². The smallest absolute Gasteiger partial charge is 0.228 e. The number of aromatic nitrogens is 1. The number of hydrogen-bond acceptors (Lipinski definition) is 4. The third kappa shape index (κ3) is 3.31. The van der Waals surface area contributed by atoms with Crippen molar-refractivity contribution in [2.24, 2.45) is 0 Å². The first-order valence-electron chi connectivity index (χ1n) is 4.34. The fourth-order valence-corrected chi connectivity index (χ4v) is 1.61. The second kappa shape index (κ2) is 4.87. The minimum Gasteiger partial charge on any atom is -0.260 e. The van der Waals surface area contributed by atoms with Gasteiger partial charge in [-0.2, -0.15) is 5.26 Å². The molecular weight excluding hydrogens is 214 g/mol. The molecule has 0 spiro atoms. The molecule has 5 nitrogen and oxygen atoms in total. The number of pyridine rings is 1. The monoisotopic (exact) mass is 225 g/mol. The molecular formula is C9H11N3O2S. The molecule has 0 amide bonds. The molecule has 80 valence electrons. The average molecular weight is 225 g/mol. The van der Waals surface area contributed by atoms with Crippen LogP contribution in [0.2, 0.25) is 0 Å². The van der Waals surface area contributed by atoms with E-state index in [1.807, 2.05) is 0 Å². The van der Waals surface area contributed by atoms with Crippen LogP contribution in [-0.4, -0.2) is 18.7 Å². The summed E-state index contributed by atoms with van der Waals surface area (Å²) >= 11 is 0. The van der Waals surface area contributed by atoms with Crippen LogP contribution >= 0.6 is 0 Å². The summed E-state index contributed by atoms with van der Waals surface area (Å²) < 4.78 is 25.1. The molecule has 1 aromatic rings. The third-order valence-electron chi connectivity index (χ3n) is 1.83. The SMILES string of the molecule is CC(C#N)S(=O)(=O)NCc1ccccn1. The number of nitriles is 1. The van der Waals surface area contributed by atoms with Gasteiger partial charge in [-0.1, -0.05) is 6.07 Å². The van der Waals surface area contributed by atoms with E-state index in [-0.39, 0.29) is 6.54 Å². The fraction of sp³-hybridized carbons (Fsp3) is 0.333. The van der Waals surface area contributed by atoms with Gasteiger partial charge >= 0.3 is 0 Å². The number of hydrogen-bond donors (Lipinski definition) is 1. The highest BCUT2D eigenvalue weighted by atomic mass is 32.2. The van der Waals surface area contributed by atoms with E-state index in [2.05, 4.69) is 9.71 Å². The Balaban J connectivity index is 2.63. The van der Waals surface area contributed by atoms with Crippen LogP contribution in [0.25, 0.3) is 0 Å². The highest BCUT2D eigenvalue weighted by Crippen LogP contribution is 1.99. The molecule has 0 radical (unpaired) electrons. The van der Waals surface area contributed by atoms with E-state index >= 15 is 0 Å². The molecule has 0 saturated heterocycles. The Morgan fingerprint density at radius 2 is 2.33 bits per heavy atom. The van der Waals surface area contributed by atoms with Crippen LogP contribution in [0.5, 0.6) is 0 Å².